The van der Waals surface area contributed by atoms with E-state index in [0.29, 0.717) is 41.8 Å². The lowest BCUT2D eigenvalue weighted by molar-refractivity contribution is -0.306. The van der Waals surface area contributed by atoms with Gasteiger partial charge in [0, 0.05) is 11.8 Å². The Balaban J connectivity index is 1.49. The lowest BCUT2D eigenvalue weighted by atomic mass is 9.40. The molecule has 10 atom stereocenters. The predicted octanol–water partition coefficient (Wildman–Crippen LogP) is 5.31. The molecule has 5 heteroatoms. The molecule has 168 valence electrons. The fourth-order valence-corrected chi connectivity index (χ4v) is 10.2. The van der Waals surface area contributed by atoms with Gasteiger partial charge in [-0.1, -0.05) is 36.7 Å². The van der Waals surface area contributed by atoms with Crippen LogP contribution >= 0.6 is 15.9 Å². The first kappa shape index (κ1) is 21.4. The van der Waals surface area contributed by atoms with Crippen molar-refractivity contribution in [2.45, 2.75) is 95.1 Å². The van der Waals surface area contributed by atoms with Crippen molar-refractivity contribution in [3.63, 3.8) is 0 Å². The lowest BCUT2D eigenvalue weighted by Gasteiger charge is -2.71. The molecule has 1 spiro atoms. The molecule has 30 heavy (non-hydrogen) atoms. The molecule has 6 fully saturated rings. The summed E-state index contributed by atoms with van der Waals surface area (Å²) in [4.78, 5) is 25.8. The third-order valence-electron chi connectivity index (χ3n) is 10.7. The number of ketones is 1. The average molecular weight is 481 g/mol. The number of carbonyl (C=O) groups is 2. The van der Waals surface area contributed by atoms with E-state index in [0.717, 1.165) is 38.5 Å². The van der Waals surface area contributed by atoms with Crippen molar-refractivity contribution in [3.8, 4) is 0 Å². The summed E-state index contributed by atoms with van der Waals surface area (Å²) in [5.74, 6) is 2.57. The number of methoxy groups -OCH3 is 1. The second-order valence-electron chi connectivity index (χ2n) is 11.5. The number of rotatable bonds is 4. The summed E-state index contributed by atoms with van der Waals surface area (Å²) in [5, 5.41) is 0. The molecule has 0 radical (unpaired) electrons. The quantitative estimate of drug-likeness (QED) is 0.404. The highest BCUT2D eigenvalue weighted by atomic mass is 79.9. The Morgan fingerprint density at radius 2 is 1.93 bits per heavy atom. The molecule has 6 aliphatic rings. The SMILES string of the molecule is COC(=O)CC[C@@H](C)[C@@H]1CC[C@@H]2[C@H]3CC[C@@H]4C[C@H]5CC[C@@]4(C)[C@]3(O5)C(=O)[C@@H](Br)[C@@]21C. The molecule has 2 saturated heterocycles. The fourth-order valence-electron chi connectivity index (χ4n) is 9.18. The molecule has 6 rings (SSSR count). The number of hydrogen-bond acceptors (Lipinski definition) is 4. The molecule has 0 aromatic heterocycles. The maximum atomic E-state index is 14.3. The topological polar surface area (TPSA) is 52.6 Å². The Morgan fingerprint density at radius 3 is 2.67 bits per heavy atom. The minimum Gasteiger partial charge on any atom is -0.469 e. The highest BCUT2D eigenvalue weighted by Gasteiger charge is 2.77. The van der Waals surface area contributed by atoms with E-state index in [1.54, 1.807) is 0 Å². The van der Waals surface area contributed by atoms with E-state index >= 15 is 0 Å². The maximum Gasteiger partial charge on any atom is 0.305 e. The Morgan fingerprint density at radius 1 is 1.20 bits per heavy atom. The van der Waals surface area contributed by atoms with Gasteiger partial charge in [0.05, 0.1) is 18.0 Å². The zero-order chi connectivity index (χ0) is 21.5. The minimum absolute atomic E-state index is 0.00366. The first-order valence-electron chi connectivity index (χ1n) is 12.1. The van der Waals surface area contributed by atoms with Gasteiger partial charge in [0.15, 0.2) is 5.78 Å². The van der Waals surface area contributed by atoms with Crippen molar-refractivity contribution in [1.82, 2.24) is 0 Å². The van der Waals surface area contributed by atoms with Crippen LogP contribution in [0.25, 0.3) is 0 Å². The second-order valence-corrected chi connectivity index (χ2v) is 12.4. The van der Waals surface area contributed by atoms with E-state index in [4.69, 9.17) is 9.47 Å². The standard InChI is InChI=1S/C25H37BrO4/c1-14(5-10-20(27)29-4)17-8-9-18-19-7-6-15-13-16-11-12-23(15,2)25(19,30-16)22(28)21(26)24(17,18)3/h14-19,21H,5-13H2,1-4H3/t14-,15-,16-,17+,18-,19-,21-,23-,24-,25-/m1/s1. The number of alkyl halides is 1. The number of carbonyl (C=O) groups excluding carboxylic acids is 2. The van der Waals surface area contributed by atoms with Crippen LogP contribution in [0.3, 0.4) is 0 Å². The number of halogens is 1. The minimum atomic E-state index is -0.570. The van der Waals surface area contributed by atoms with Gasteiger partial charge in [-0.2, -0.15) is 0 Å². The van der Waals surface area contributed by atoms with Gasteiger partial charge in [-0.25, -0.2) is 0 Å². The maximum absolute atomic E-state index is 14.3. The van der Waals surface area contributed by atoms with Crippen molar-refractivity contribution in [2.75, 3.05) is 7.11 Å². The van der Waals surface area contributed by atoms with Gasteiger partial charge in [0.25, 0.3) is 0 Å². The van der Waals surface area contributed by atoms with Crippen molar-refractivity contribution in [2.24, 2.45) is 40.4 Å². The first-order valence-corrected chi connectivity index (χ1v) is 13.0. The van der Waals surface area contributed by atoms with Gasteiger partial charge < -0.3 is 9.47 Å². The number of fused-ring (bicyclic) bond motifs is 3. The van der Waals surface area contributed by atoms with Crippen LogP contribution in [0.2, 0.25) is 0 Å². The molecule has 4 aliphatic carbocycles. The molecule has 0 unspecified atom stereocenters. The van der Waals surface area contributed by atoms with E-state index in [1.165, 1.54) is 20.0 Å². The van der Waals surface area contributed by atoms with Crippen LogP contribution in [-0.4, -0.2) is 35.4 Å². The van der Waals surface area contributed by atoms with E-state index in [1.807, 2.05) is 0 Å². The Bertz CT molecular complexity index is 753. The Labute approximate surface area is 189 Å². The molecule has 0 N–H and O–H groups in total. The van der Waals surface area contributed by atoms with Crippen molar-refractivity contribution < 1.29 is 19.1 Å². The van der Waals surface area contributed by atoms with Crippen molar-refractivity contribution >= 4 is 27.7 Å². The summed E-state index contributed by atoms with van der Waals surface area (Å²) in [6.07, 6.45) is 9.73. The molecule has 4 bridgehead atoms. The third kappa shape index (κ3) is 2.48. The van der Waals surface area contributed by atoms with Crippen LogP contribution in [0.1, 0.15) is 78.6 Å². The summed E-state index contributed by atoms with van der Waals surface area (Å²) in [7, 11) is 1.46. The highest BCUT2D eigenvalue weighted by molar-refractivity contribution is 9.10. The average Bonchev–Trinajstić information content (AvgIpc) is 3.08. The fraction of sp³-hybridized carbons (Fsp3) is 0.920. The van der Waals surface area contributed by atoms with Gasteiger partial charge in [-0.05, 0) is 86.4 Å². The van der Waals surface area contributed by atoms with E-state index < -0.39 is 5.60 Å². The zero-order valence-electron chi connectivity index (χ0n) is 18.9. The number of Topliss-reactive ketones (excluding diaryl/α,β-unsaturated/α-hetero) is 1. The second kappa shape index (κ2) is 7.04. The van der Waals surface area contributed by atoms with Crippen LogP contribution < -0.4 is 0 Å². The molecule has 2 aliphatic heterocycles. The van der Waals surface area contributed by atoms with E-state index in [2.05, 4.69) is 36.7 Å². The Kier molecular flexibility index (Phi) is 5.03. The summed E-state index contributed by atoms with van der Waals surface area (Å²) in [5.41, 5.74) is -0.630. The molecular formula is C25H37BrO4. The van der Waals surface area contributed by atoms with Crippen LogP contribution in [0.4, 0.5) is 0 Å². The molecule has 4 saturated carbocycles. The largest absolute Gasteiger partial charge is 0.469 e. The molecule has 0 aromatic rings. The normalized spacial score (nSPS) is 52.5. The summed E-state index contributed by atoms with van der Waals surface area (Å²) >= 11 is 3.98. The molecule has 0 amide bonds. The van der Waals surface area contributed by atoms with E-state index in [9.17, 15) is 9.59 Å². The predicted molar refractivity (Wildman–Crippen MR) is 118 cm³/mol. The van der Waals surface area contributed by atoms with Crippen LogP contribution in [0.15, 0.2) is 0 Å². The lowest BCUT2D eigenvalue weighted by Crippen LogP contribution is -2.77. The van der Waals surface area contributed by atoms with Gasteiger partial charge in [0.2, 0.25) is 0 Å². The third-order valence-corrected chi connectivity index (χ3v) is 12.1. The summed E-state index contributed by atoms with van der Waals surface area (Å²) in [6.45, 7) is 7.02. The van der Waals surface area contributed by atoms with Crippen molar-refractivity contribution in [1.29, 1.82) is 0 Å². The smallest absolute Gasteiger partial charge is 0.305 e. The van der Waals surface area contributed by atoms with Gasteiger partial charge in [-0.15, -0.1) is 0 Å². The molecule has 2 heterocycles. The zero-order valence-corrected chi connectivity index (χ0v) is 20.5. The Hall–Kier alpha value is -0.420. The summed E-state index contributed by atoms with van der Waals surface area (Å²) < 4.78 is 11.7. The van der Waals surface area contributed by atoms with Gasteiger partial charge in [-0.3, -0.25) is 9.59 Å². The van der Waals surface area contributed by atoms with Gasteiger partial charge in [0.1, 0.15) is 5.60 Å². The number of hydrogen-bond donors (Lipinski definition) is 0. The highest BCUT2D eigenvalue weighted by Crippen LogP contribution is 2.73. The summed E-state index contributed by atoms with van der Waals surface area (Å²) in [6, 6.07) is 0. The first-order chi connectivity index (χ1) is 14.2. The van der Waals surface area contributed by atoms with Crippen LogP contribution in [-0.2, 0) is 19.1 Å². The van der Waals surface area contributed by atoms with E-state index in [-0.39, 0.29) is 27.7 Å². The molecule has 4 nitrogen and oxygen atoms in total. The number of ether oxygens (including phenoxy) is 2. The molecule has 0 aromatic carbocycles. The van der Waals surface area contributed by atoms with Crippen molar-refractivity contribution in [3.05, 3.63) is 0 Å². The molecular weight excluding hydrogens is 444 g/mol. The number of esters is 1. The van der Waals surface area contributed by atoms with Crippen LogP contribution in [0, 0.1) is 40.4 Å². The van der Waals surface area contributed by atoms with Crippen LogP contribution in [0.5, 0.6) is 0 Å². The van der Waals surface area contributed by atoms with Gasteiger partial charge >= 0.3 is 5.97 Å². The monoisotopic (exact) mass is 480 g/mol.